The number of anilines is 1. The molecular weight excluding hydrogens is 558 g/mol. The summed E-state index contributed by atoms with van der Waals surface area (Å²) in [5.41, 5.74) is 9.08. The number of rotatable bonds is 12. The lowest BCUT2D eigenvalue weighted by atomic mass is 10.1. The van der Waals surface area contributed by atoms with E-state index in [1.165, 1.54) is 0 Å². The van der Waals surface area contributed by atoms with E-state index in [2.05, 4.69) is 5.32 Å². The molecular formula is C35H37N3O6. The highest BCUT2D eigenvalue weighted by Gasteiger charge is 2.29. The summed E-state index contributed by atoms with van der Waals surface area (Å²) in [6.45, 7) is 0.222. The van der Waals surface area contributed by atoms with Gasteiger partial charge in [-0.1, -0.05) is 18.2 Å². The van der Waals surface area contributed by atoms with Crippen LogP contribution >= 0.6 is 0 Å². The van der Waals surface area contributed by atoms with Gasteiger partial charge in [0, 0.05) is 40.9 Å². The molecule has 3 N–H and O–H groups in total. The third-order valence-electron chi connectivity index (χ3n) is 8.09. The number of aromatic nitrogens is 1. The molecule has 1 amide bonds. The van der Waals surface area contributed by atoms with Crippen LogP contribution in [0.15, 0.2) is 72.9 Å². The van der Waals surface area contributed by atoms with Gasteiger partial charge in [0.2, 0.25) is 0 Å². The van der Waals surface area contributed by atoms with E-state index >= 15 is 0 Å². The Hall–Kier alpha value is -4.63. The number of benzene rings is 3. The van der Waals surface area contributed by atoms with Gasteiger partial charge < -0.3 is 30.0 Å². The molecule has 6 rings (SSSR count). The summed E-state index contributed by atoms with van der Waals surface area (Å²) in [5.74, 6) is 2.22. The van der Waals surface area contributed by atoms with E-state index in [0.29, 0.717) is 46.4 Å². The maximum atomic E-state index is 12.5. The number of amides is 1. The Morgan fingerprint density at radius 3 is 2.43 bits per heavy atom. The number of hydrogen-bond donors (Lipinski definition) is 2. The number of hydrogen-bond acceptors (Lipinski definition) is 8. The Balaban J connectivity index is 1.16. The van der Waals surface area contributed by atoms with Crippen molar-refractivity contribution in [2.24, 2.45) is 5.73 Å². The molecule has 1 atom stereocenters. The summed E-state index contributed by atoms with van der Waals surface area (Å²) < 4.78 is 23.7. The Morgan fingerprint density at radius 2 is 1.73 bits per heavy atom. The molecule has 2 aliphatic carbocycles. The van der Waals surface area contributed by atoms with Crippen LogP contribution < -0.4 is 25.3 Å². The average Bonchev–Trinajstić information content (AvgIpc) is 3.77. The van der Waals surface area contributed by atoms with E-state index in [9.17, 15) is 9.59 Å². The van der Waals surface area contributed by atoms with Gasteiger partial charge in [-0.3, -0.25) is 14.6 Å². The van der Waals surface area contributed by atoms with Crippen molar-refractivity contribution >= 4 is 28.5 Å². The second-order valence-corrected chi connectivity index (χ2v) is 11.4. The Labute approximate surface area is 256 Å². The van der Waals surface area contributed by atoms with E-state index in [-0.39, 0.29) is 24.6 Å². The molecule has 9 nitrogen and oxygen atoms in total. The van der Waals surface area contributed by atoms with Crippen molar-refractivity contribution in [2.45, 2.75) is 63.0 Å². The summed E-state index contributed by atoms with van der Waals surface area (Å²) in [7, 11) is 1.58. The van der Waals surface area contributed by atoms with Crippen LogP contribution in [0.2, 0.25) is 0 Å². The number of esters is 1. The molecule has 2 fully saturated rings. The van der Waals surface area contributed by atoms with Crippen LogP contribution in [0.5, 0.6) is 23.0 Å². The first-order valence-electron chi connectivity index (χ1n) is 15.2. The molecule has 0 bridgehead atoms. The fraction of sp³-hybridized carbons (Fsp3) is 0.343. The lowest BCUT2D eigenvalue weighted by Gasteiger charge is -2.18. The minimum absolute atomic E-state index is 0.0171. The molecule has 44 heavy (non-hydrogen) atoms. The van der Waals surface area contributed by atoms with Gasteiger partial charge in [-0.05, 0) is 86.9 Å². The SMILES string of the molecule is COc1cc2c(Oc3ccc(NC(=O)c4ccccc4)cc3)c(C3CC3)cnc2cc1OCCC(N)C(=O)OC1CCCC1. The highest BCUT2D eigenvalue weighted by atomic mass is 16.5. The monoisotopic (exact) mass is 595 g/mol. The van der Waals surface area contributed by atoms with E-state index in [0.717, 1.165) is 55.2 Å². The van der Waals surface area contributed by atoms with E-state index in [1.807, 2.05) is 60.8 Å². The third-order valence-corrected chi connectivity index (χ3v) is 8.09. The minimum atomic E-state index is -0.751. The van der Waals surface area contributed by atoms with Gasteiger partial charge in [0.05, 0.1) is 19.2 Å². The summed E-state index contributed by atoms with van der Waals surface area (Å²) in [6, 6.07) is 19.3. The fourth-order valence-electron chi connectivity index (χ4n) is 5.45. The van der Waals surface area contributed by atoms with Gasteiger partial charge in [0.15, 0.2) is 11.5 Å². The predicted molar refractivity (Wildman–Crippen MR) is 168 cm³/mol. The first-order chi connectivity index (χ1) is 21.5. The molecule has 0 radical (unpaired) electrons. The van der Waals surface area contributed by atoms with Gasteiger partial charge in [-0.25, -0.2) is 0 Å². The number of nitrogens with zero attached hydrogens (tertiary/aromatic N) is 1. The van der Waals surface area contributed by atoms with Gasteiger partial charge in [-0.15, -0.1) is 0 Å². The Morgan fingerprint density at radius 1 is 0.977 bits per heavy atom. The average molecular weight is 596 g/mol. The zero-order valence-corrected chi connectivity index (χ0v) is 24.8. The van der Waals surface area contributed by atoms with Crippen molar-refractivity contribution in [3.63, 3.8) is 0 Å². The Bertz CT molecular complexity index is 1620. The summed E-state index contributed by atoms with van der Waals surface area (Å²) in [6.07, 6.45) is 8.31. The number of methoxy groups -OCH3 is 1. The molecule has 2 saturated carbocycles. The number of nitrogens with two attached hydrogens (primary N) is 1. The lowest BCUT2D eigenvalue weighted by Crippen LogP contribution is -2.35. The number of nitrogens with one attached hydrogen (secondary N) is 1. The fourth-order valence-corrected chi connectivity index (χ4v) is 5.45. The van der Waals surface area contributed by atoms with Crippen molar-refractivity contribution in [3.8, 4) is 23.0 Å². The largest absolute Gasteiger partial charge is 0.493 e. The van der Waals surface area contributed by atoms with Crippen molar-refractivity contribution in [3.05, 3.63) is 84.1 Å². The zero-order valence-electron chi connectivity index (χ0n) is 24.8. The summed E-state index contributed by atoms with van der Waals surface area (Å²) in [5, 5.41) is 3.72. The van der Waals surface area contributed by atoms with Crippen molar-refractivity contribution < 1.29 is 28.5 Å². The van der Waals surface area contributed by atoms with Crippen LogP contribution in [0.25, 0.3) is 10.9 Å². The molecule has 228 valence electrons. The smallest absolute Gasteiger partial charge is 0.323 e. The number of carbonyl (C=O) groups excluding carboxylic acids is 2. The van der Waals surface area contributed by atoms with Gasteiger partial charge in [0.25, 0.3) is 5.91 Å². The molecule has 2 aliphatic rings. The van der Waals surface area contributed by atoms with Crippen LogP contribution in [0.3, 0.4) is 0 Å². The van der Waals surface area contributed by atoms with Crippen LogP contribution in [0.4, 0.5) is 5.69 Å². The van der Waals surface area contributed by atoms with Gasteiger partial charge >= 0.3 is 5.97 Å². The first kappa shape index (κ1) is 29.4. The molecule has 0 saturated heterocycles. The normalized spacial score (nSPS) is 15.5. The lowest BCUT2D eigenvalue weighted by molar-refractivity contribution is -0.150. The van der Waals surface area contributed by atoms with Crippen LogP contribution in [0.1, 0.15) is 66.8 Å². The van der Waals surface area contributed by atoms with Crippen molar-refractivity contribution in [1.82, 2.24) is 4.98 Å². The summed E-state index contributed by atoms with van der Waals surface area (Å²) >= 11 is 0. The Kier molecular flexibility index (Phi) is 8.93. The molecule has 1 heterocycles. The predicted octanol–water partition coefficient (Wildman–Crippen LogP) is 6.75. The first-order valence-corrected chi connectivity index (χ1v) is 15.2. The molecule has 0 aliphatic heterocycles. The number of fused-ring (bicyclic) bond motifs is 1. The molecule has 1 aromatic heterocycles. The van der Waals surface area contributed by atoms with Crippen molar-refractivity contribution in [1.29, 1.82) is 0 Å². The van der Waals surface area contributed by atoms with E-state index < -0.39 is 6.04 Å². The van der Waals surface area contributed by atoms with Crippen LogP contribution in [-0.2, 0) is 9.53 Å². The van der Waals surface area contributed by atoms with Crippen LogP contribution in [-0.4, -0.2) is 42.7 Å². The summed E-state index contributed by atoms with van der Waals surface area (Å²) in [4.78, 5) is 29.6. The van der Waals surface area contributed by atoms with E-state index in [1.54, 1.807) is 19.2 Å². The number of pyridine rings is 1. The molecule has 4 aromatic rings. The number of carbonyl (C=O) groups is 2. The minimum Gasteiger partial charge on any atom is -0.493 e. The van der Waals surface area contributed by atoms with Crippen molar-refractivity contribution in [2.75, 3.05) is 19.0 Å². The molecule has 1 unspecified atom stereocenters. The molecule has 9 heteroatoms. The maximum absolute atomic E-state index is 12.5. The highest BCUT2D eigenvalue weighted by molar-refractivity contribution is 6.04. The zero-order chi connectivity index (χ0) is 30.5. The third kappa shape index (κ3) is 6.94. The second kappa shape index (κ2) is 13.3. The topological polar surface area (TPSA) is 122 Å². The quantitative estimate of drug-likeness (QED) is 0.173. The highest BCUT2D eigenvalue weighted by Crippen LogP contribution is 2.48. The van der Waals surface area contributed by atoms with Gasteiger partial charge in [0.1, 0.15) is 23.6 Å². The standard InChI is InChI=1S/C35H37N3O6/c1-41-31-19-27-30(20-32(31)42-18-17-29(36)35(40)44-25-9-5-6-10-25)37-21-28(22-11-12-22)33(27)43-26-15-13-24(14-16-26)38-34(39)23-7-3-2-4-8-23/h2-4,7-8,13-16,19-22,25,29H,5-6,9-12,17-18,36H2,1H3,(H,38,39). The number of ether oxygens (including phenoxy) is 4. The maximum Gasteiger partial charge on any atom is 0.323 e. The van der Waals surface area contributed by atoms with E-state index in [4.69, 9.17) is 29.7 Å². The van der Waals surface area contributed by atoms with Crippen LogP contribution in [0, 0.1) is 0 Å². The second-order valence-electron chi connectivity index (χ2n) is 11.4. The molecule has 0 spiro atoms. The molecule has 3 aromatic carbocycles. The van der Waals surface area contributed by atoms with Gasteiger partial charge in [-0.2, -0.15) is 0 Å².